The van der Waals surface area contributed by atoms with Gasteiger partial charge in [-0.1, -0.05) is 6.42 Å². The third kappa shape index (κ3) is 4.74. The summed E-state index contributed by atoms with van der Waals surface area (Å²) in [6.07, 6.45) is 5.65. The zero-order valence-electron chi connectivity index (χ0n) is 10.7. The first kappa shape index (κ1) is 13.8. The summed E-state index contributed by atoms with van der Waals surface area (Å²) >= 11 is 1.85. The fourth-order valence-electron chi connectivity index (χ4n) is 1.90. The molecule has 1 N–H and O–H groups in total. The fourth-order valence-corrected chi connectivity index (χ4v) is 2.84. The Hall–Kier alpha value is -0.220. The summed E-state index contributed by atoms with van der Waals surface area (Å²) in [5, 5.41) is 3.65. The molecule has 0 heterocycles. The topological polar surface area (TPSA) is 38.3 Å². The normalized spacial score (nSPS) is 25.8. The van der Waals surface area contributed by atoms with Gasteiger partial charge in [-0.2, -0.15) is 11.8 Å². The van der Waals surface area contributed by atoms with E-state index in [9.17, 15) is 4.79 Å². The molecule has 0 aromatic rings. The van der Waals surface area contributed by atoms with Crippen molar-refractivity contribution in [3.63, 3.8) is 0 Å². The van der Waals surface area contributed by atoms with E-state index in [1.54, 1.807) is 0 Å². The Kier molecular flexibility index (Phi) is 5.12. The minimum absolute atomic E-state index is 0.0147. The number of amides is 1. The first-order valence-corrected chi connectivity index (χ1v) is 7.17. The first-order chi connectivity index (χ1) is 7.42. The van der Waals surface area contributed by atoms with Gasteiger partial charge in [0.1, 0.15) is 6.61 Å². The van der Waals surface area contributed by atoms with Gasteiger partial charge in [0, 0.05) is 11.3 Å². The van der Waals surface area contributed by atoms with Gasteiger partial charge in [0.2, 0.25) is 5.91 Å². The first-order valence-electron chi connectivity index (χ1n) is 5.88. The van der Waals surface area contributed by atoms with Crippen molar-refractivity contribution >= 4 is 17.7 Å². The van der Waals surface area contributed by atoms with Gasteiger partial charge >= 0.3 is 0 Å². The average Bonchev–Trinajstić information content (AvgIpc) is 2.61. The molecule has 0 saturated heterocycles. The van der Waals surface area contributed by atoms with Gasteiger partial charge in [-0.15, -0.1) is 0 Å². The van der Waals surface area contributed by atoms with Crippen LogP contribution >= 0.6 is 11.8 Å². The van der Waals surface area contributed by atoms with E-state index in [0.717, 1.165) is 6.42 Å². The molecule has 4 heteroatoms. The van der Waals surface area contributed by atoms with Gasteiger partial charge in [-0.05, 0) is 39.9 Å². The molecule has 2 atom stereocenters. The molecule has 0 aromatic heterocycles. The number of carbonyl (C=O) groups excluding carboxylic acids is 1. The van der Waals surface area contributed by atoms with Crippen LogP contribution in [0.5, 0.6) is 0 Å². The molecule has 0 spiro atoms. The second-order valence-corrected chi connectivity index (χ2v) is 6.36. The highest BCUT2D eigenvalue weighted by Gasteiger charge is 2.27. The third-order valence-electron chi connectivity index (χ3n) is 2.74. The van der Waals surface area contributed by atoms with Crippen LogP contribution in [0.2, 0.25) is 0 Å². The summed E-state index contributed by atoms with van der Waals surface area (Å²) in [5.41, 5.74) is -0.244. The van der Waals surface area contributed by atoms with Crippen molar-refractivity contribution in [3.05, 3.63) is 0 Å². The molecule has 1 saturated carbocycles. The largest absolute Gasteiger partial charge is 0.366 e. The minimum atomic E-state index is -0.244. The summed E-state index contributed by atoms with van der Waals surface area (Å²) in [7, 11) is 0. The van der Waals surface area contributed by atoms with Crippen molar-refractivity contribution in [1.82, 2.24) is 5.32 Å². The van der Waals surface area contributed by atoms with Crippen LogP contribution in [-0.2, 0) is 9.53 Å². The van der Waals surface area contributed by atoms with E-state index < -0.39 is 0 Å². The van der Waals surface area contributed by atoms with E-state index in [2.05, 4.69) is 11.6 Å². The molecule has 1 aliphatic carbocycles. The van der Waals surface area contributed by atoms with E-state index in [1.165, 1.54) is 12.8 Å². The van der Waals surface area contributed by atoms with Crippen molar-refractivity contribution < 1.29 is 9.53 Å². The van der Waals surface area contributed by atoms with Crippen LogP contribution in [0.3, 0.4) is 0 Å². The Bertz CT molecular complexity index is 238. The van der Waals surface area contributed by atoms with Crippen LogP contribution in [0, 0.1) is 0 Å². The molecule has 16 heavy (non-hydrogen) atoms. The lowest BCUT2D eigenvalue weighted by atomic mass is 10.2. The molecule has 2 unspecified atom stereocenters. The lowest BCUT2D eigenvalue weighted by Gasteiger charge is -2.22. The molecule has 3 nitrogen and oxygen atoms in total. The predicted octanol–water partition coefficient (Wildman–Crippen LogP) is 2.20. The quantitative estimate of drug-likeness (QED) is 0.825. The number of hydrogen-bond donors (Lipinski definition) is 1. The Morgan fingerprint density at radius 3 is 2.69 bits per heavy atom. The van der Waals surface area contributed by atoms with Crippen molar-refractivity contribution in [2.24, 2.45) is 0 Å². The summed E-state index contributed by atoms with van der Waals surface area (Å²) < 4.78 is 5.45. The van der Waals surface area contributed by atoms with Crippen LogP contribution < -0.4 is 5.32 Å². The monoisotopic (exact) mass is 245 g/mol. The van der Waals surface area contributed by atoms with Crippen LogP contribution in [0.25, 0.3) is 0 Å². The summed E-state index contributed by atoms with van der Waals surface area (Å²) in [6, 6.07) is 0.339. The van der Waals surface area contributed by atoms with E-state index in [1.807, 2.05) is 32.5 Å². The Morgan fingerprint density at radius 2 is 2.12 bits per heavy atom. The second-order valence-electron chi connectivity index (χ2n) is 5.28. The van der Waals surface area contributed by atoms with E-state index in [-0.39, 0.29) is 18.1 Å². The number of ether oxygens (including phenoxy) is 1. The summed E-state index contributed by atoms with van der Waals surface area (Å²) in [6.45, 7) is 6.04. The smallest absolute Gasteiger partial charge is 0.246 e. The number of nitrogens with one attached hydrogen (secondary N) is 1. The van der Waals surface area contributed by atoms with Crippen LogP contribution in [0.1, 0.15) is 40.0 Å². The molecule has 94 valence electrons. The molecule has 0 bridgehead atoms. The fraction of sp³-hybridized carbons (Fsp3) is 0.917. The zero-order chi connectivity index (χ0) is 12.2. The maximum absolute atomic E-state index is 11.7. The molecule has 1 fully saturated rings. The lowest BCUT2D eigenvalue weighted by Crippen LogP contribution is -2.41. The molecule has 0 aromatic carbocycles. The number of rotatable bonds is 4. The van der Waals surface area contributed by atoms with E-state index in [4.69, 9.17) is 4.74 Å². The zero-order valence-corrected chi connectivity index (χ0v) is 11.5. The second kappa shape index (κ2) is 5.92. The van der Waals surface area contributed by atoms with E-state index in [0.29, 0.717) is 11.3 Å². The van der Waals surface area contributed by atoms with Gasteiger partial charge in [0.15, 0.2) is 0 Å². The van der Waals surface area contributed by atoms with Gasteiger partial charge in [0.05, 0.1) is 5.60 Å². The number of hydrogen-bond acceptors (Lipinski definition) is 3. The molecular formula is C12H23NO2S. The number of thioether (sulfide) groups is 1. The highest BCUT2D eigenvalue weighted by Crippen LogP contribution is 2.28. The van der Waals surface area contributed by atoms with Gasteiger partial charge in [-0.3, -0.25) is 4.79 Å². The summed E-state index contributed by atoms with van der Waals surface area (Å²) in [5.74, 6) is 0.0147. The lowest BCUT2D eigenvalue weighted by molar-refractivity contribution is -0.131. The Morgan fingerprint density at radius 1 is 1.44 bits per heavy atom. The molecule has 1 aliphatic rings. The Labute approximate surface area is 103 Å². The SMILES string of the molecule is CSC1CCCC1NC(=O)COC(C)(C)C. The molecule has 0 radical (unpaired) electrons. The standard InChI is InChI=1S/C12H23NO2S/c1-12(2,3)15-8-11(14)13-9-6-5-7-10(9)16-4/h9-10H,5-8H2,1-4H3,(H,13,14). The number of carbonyl (C=O) groups is 1. The highest BCUT2D eigenvalue weighted by atomic mass is 32.2. The predicted molar refractivity (Wildman–Crippen MR) is 68.8 cm³/mol. The molecule has 1 rings (SSSR count). The van der Waals surface area contributed by atoms with Crippen molar-refractivity contribution in [2.75, 3.05) is 12.9 Å². The minimum Gasteiger partial charge on any atom is -0.366 e. The molecule has 0 aliphatic heterocycles. The third-order valence-corrected chi connectivity index (χ3v) is 3.91. The van der Waals surface area contributed by atoms with Gasteiger partial charge in [-0.25, -0.2) is 0 Å². The van der Waals surface area contributed by atoms with Gasteiger partial charge in [0.25, 0.3) is 0 Å². The van der Waals surface area contributed by atoms with E-state index >= 15 is 0 Å². The maximum Gasteiger partial charge on any atom is 0.246 e. The molecular weight excluding hydrogens is 222 g/mol. The van der Waals surface area contributed by atoms with Crippen molar-refractivity contribution in [2.45, 2.75) is 56.9 Å². The average molecular weight is 245 g/mol. The van der Waals surface area contributed by atoms with Crippen LogP contribution in [0.4, 0.5) is 0 Å². The van der Waals surface area contributed by atoms with Crippen molar-refractivity contribution in [1.29, 1.82) is 0 Å². The Balaban J connectivity index is 2.28. The summed E-state index contributed by atoms with van der Waals surface area (Å²) in [4.78, 5) is 11.7. The van der Waals surface area contributed by atoms with Crippen molar-refractivity contribution in [3.8, 4) is 0 Å². The maximum atomic E-state index is 11.7. The van der Waals surface area contributed by atoms with Crippen LogP contribution in [0.15, 0.2) is 0 Å². The van der Waals surface area contributed by atoms with Gasteiger partial charge < -0.3 is 10.1 Å². The molecule has 1 amide bonds. The highest BCUT2D eigenvalue weighted by molar-refractivity contribution is 7.99. The van der Waals surface area contributed by atoms with Crippen LogP contribution in [-0.4, -0.2) is 35.7 Å².